The quantitative estimate of drug-likeness (QED) is 0.572. The van der Waals surface area contributed by atoms with E-state index in [0.29, 0.717) is 11.1 Å². The second-order valence-electron chi connectivity index (χ2n) is 3.42. The number of benzene rings is 1. The van der Waals surface area contributed by atoms with Crippen molar-refractivity contribution in [1.29, 1.82) is 0 Å². The summed E-state index contributed by atoms with van der Waals surface area (Å²) in [5.74, 6) is 0. The summed E-state index contributed by atoms with van der Waals surface area (Å²) >= 11 is 11.4. The van der Waals surface area contributed by atoms with Crippen LogP contribution in [0.25, 0.3) is 11.1 Å². The molecule has 0 amide bonds. The molecule has 0 bridgehead atoms. The van der Waals surface area contributed by atoms with Gasteiger partial charge in [-0.1, -0.05) is 23.7 Å². The minimum Gasteiger partial charge on any atom is -0.226 e. The number of hydrogen-bond donors (Lipinski definition) is 0. The lowest BCUT2D eigenvalue weighted by molar-refractivity contribution is -0.137. The van der Waals surface area contributed by atoms with E-state index in [1.54, 1.807) is 0 Å². The van der Waals surface area contributed by atoms with Crippen molar-refractivity contribution in [2.75, 3.05) is 0 Å². The van der Waals surface area contributed by atoms with E-state index in [0.717, 1.165) is 12.1 Å². The molecule has 0 saturated carbocycles. The van der Waals surface area contributed by atoms with Gasteiger partial charge in [0.2, 0.25) is 5.28 Å². The molecule has 2 aromatic rings. The molecule has 1 aromatic carbocycles. The molecule has 2 rings (SSSR count). The summed E-state index contributed by atoms with van der Waals surface area (Å²) in [5.41, 5.74) is 0.191. The summed E-state index contributed by atoms with van der Waals surface area (Å²) in [7, 11) is 0. The smallest absolute Gasteiger partial charge is 0.226 e. The maximum Gasteiger partial charge on any atom is 0.416 e. The minimum absolute atomic E-state index is 0.0179. The van der Waals surface area contributed by atoms with E-state index < -0.39 is 11.7 Å². The summed E-state index contributed by atoms with van der Waals surface area (Å²) < 4.78 is 37.2. The van der Waals surface area contributed by atoms with Gasteiger partial charge in [0.1, 0.15) is 5.15 Å². The van der Waals surface area contributed by atoms with Gasteiger partial charge in [-0.05, 0) is 29.3 Å². The van der Waals surface area contributed by atoms with Crippen LogP contribution in [0.3, 0.4) is 0 Å². The van der Waals surface area contributed by atoms with Crippen molar-refractivity contribution in [3.8, 4) is 11.1 Å². The van der Waals surface area contributed by atoms with Crippen molar-refractivity contribution in [2.24, 2.45) is 0 Å². The predicted octanol–water partition coefficient (Wildman–Crippen LogP) is 4.47. The first-order valence-electron chi connectivity index (χ1n) is 4.73. The normalized spacial score (nSPS) is 11.6. The van der Waals surface area contributed by atoms with Gasteiger partial charge in [0.25, 0.3) is 0 Å². The van der Waals surface area contributed by atoms with Crippen LogP contribution in [0, 0.1) is 0 Å². The summed E-state index contributed by atoms with van der Waals surface area (Å²) in [5, 5.41) is 0.0745. The largest absolute Gasteiger partial charge is 0.416 e. The Hall–Kier alpha value is -1.33. The zero-order valence-corrected chi connectivity index (χ0v) is 10.2. The van der Waals surface area contributed by atoms with Gasteiger partial charge < -0.3 is 0 Å². The minimum atomic E-state index is -4.36. The third kappa shape index (κ3) is 2.73. The summed E-state index contributed by atoms with van der Waals surface area (Å²) in [6, 6.07) is 4.56. The standard InChI is InChI=1S/C11H5Cl2F3N2/c12-9-8(5-17-10(13)18-9)6-1-3-7(4-2-6)11(14,15)16/h1-5H. The van der Waals surface area contributed by atoms with Crippen molar-refractivity contribution in [1.82, 2.24) is 9.97 Å². The van der Waals surface area contributed by atoms with Crippen LogP contribution >= 0.6 is 23.2 Å². The third-order valence-electron chi connectivity index (χ3n) is 2.24. The van der Waals surface area contributed by atoms with Crippen molar-refractivity contribution >= 4 is 23.2 Å². The molecule has 0 unspecified atom stereocenters. The molecule has 1 aromatic heterocycles. The van der Waals surface area contributed by atoms with Gasteiger partial charge in [0.15, 0.2) is 0 Å². The van der Waals surface area contributed by atoms with Crippen LogP contribution in [0.1, 0.15) is 5.56 Å². The van der Waals surface area contributed by atoms with Crippen molar-refractivity contribution < 1.29 is 13.2 Å². The maximum atomic E-state index is 12.4. The third-order valence-corrected chi connectivity index (χ3v) is 2.71. The monoisotopic (exact) mass is 292 g/mol. The van der Waals surface area contributed by atoms with Gasteiger partial charge in [0.05, 0.1) is 5.56 Å². The number of aromatic nitrogens is 2. The number of hydrogen-bond acceptors (Lipinski definition) is 2. The topological polar surface area (TPSA) is 25.8 Å². The Balaban J connectivity index is 2.41. The van der Waals surface area contributed by atoms with E-state index in [1.165, 1.54) is 18.3 Å². The highest BCUT2D eigenvalue weighted by Crippen LogP contribution is 2.32. The highest BCUT2D eigenvalue weighted by Gasteiger charge is 2.30. The Bertz CT molecular complexity index is 567. The average molecular weight is 293 g/mol. The molecular formula is C11H5Cl2F3N2. The maximum absolute atomic E-state index is 12.4. The second-order valence-corrected chi connectivity index (χ2v) is 4.11. The SMILES string of the molecule is FC(F)(F)c1ccc(-c2cnc(Cl)nc2Cl)cc1. The highest BCUT2D eigenvalue weighted by molar-refractivity contribution is 6.33. The molecule has 94 valence electrons. The van der Waals surface area contributed by atoms with Gasteiger partial charge >= 0.3 is 6.18 Å². The molecule has 7 heteroatoms. The van der Waals surface area contributed by atoms with E-state index in [1.807, 2.05) is 0 Å². The van der Waals surface area contributed by atoms with E-state index >= 15 is 0 Å². The number of alkyl halides is 3. The zero-order valence-electron chi connectivity index (χ0n) is 8.67. The molecule has 1 heterocycles. The van der Waals surface area contributed by atoms with Gasteiger partial charge in [-0.3, -0.25) is 0 Å². The van der Waals surface area contributed by atoms with Crippen LogP contribution in [-0.4, -0.2) is 9.97 Å². The van der Waals surface area contributed by atoms with Crippen LogP contribution in [0.15, 0.2) is 30.5 Å². The first-order valence-corrected chi connectivity index (χ1v) is 5.49. The van der Waals surface area contributed by atoms with E-state index in [-0.39, 0.29) is 10.4 Å². The van der Waals surface area contributed by atoms with Gasteiger partial charge in [-0.25, -0.2) is 9.97 Å². The molecule has 0 spiro atoms. The zero-order chi connectivity index (χ0) is 13.3. The van der Waals surface area contributed by atoms with Gasteiger partial charge in [-0.15, -0.1) is 0 Å². The lowest BCUT2D eigenvalue weighted by Crippen LogP contribution is -2.04. The fourth-order valence-electron chi connectivity index (χ4n) is 1.37. The highest BCUT2D eigenvalue weighted by atomic mass is 35.5. The van der Waals surface area contributed by atoms with E-state index in [2.05, 4.69) is 9.97 Å². The molecule has 0 fully saturated rings. The molecule has 0 atom stereocenters. The predicted molar refractivity (Wildman–Crippen MR) is 62.5 cm³/mol. The van der Waals surface area contributed by atoms with Crippen molar-refractivity contribution in [3.63, 3.8) is 0 Å². The van der Waals surface area contributed by atoms with Gasteiger partial charge in [-0.2, -0.15) is 13.2 Å². The molecule has 2 nitrogen and oxygen atoms in total. The second kappa shape index (κ2) is 4.74. The molecule has 0 radical (unpaired) electrons. The fraction of sp³-hybridized carbons (Fsp3) is 0.0909. The first-order chi connectivity index (χ1) is 8.38. The Kier molecular flexibility index (Phi) is 3.45. The number of rotatable bonds is 1. The van der Waals surface area contributed by atoms with E-state index in [9.17, 15) is 13.2 Å². The molecule has 18 heavy (non-hydrogen) atoms. The van der Waals surface area contributed by atoms with Crippen LogP contribution < -0.4 is 0 Å². The Labute approximate surface area is 110 Å². The molecule has 0 saturated heterocycles. The lowest BCUT2D eigenvalue weighted by Gasteiger charge is -2.08. The average Bonchev–Trinajstić information content (AvgIpc) is 2.28. The van der Waals surface area contributed by atoms with Crippen LogP contribution in [-0.2, 0) is 6.18 Å². The first kappa shape index (κ1) is 13.1. The summed E-state index contributed by atoms with van der Waals surface area (Å²) in [6.45, 7) is 0. The van der Waals surface area contributed by atoms with Gasteiger partial charge in [0, 0.05) is 11.8 Å². The lowest BCUT2D eigenvalue weighted by atomic mass is 10.1. The number of nitrogens with zero attached hydrogens (tertiary/aromatic N) is 2. The van der Waals surface area contributed by atoms with Crippen molar-refractivity contribution in [2.45, 2.75) is 6.18 Å². The molecule has 0 aliphatic carbocycles. The summed E-state index contributed by atoms with van der Waals surface area (Å²) in [6.07, 6.45) is -3.00. The Morgan fingerprint density at radius 2 is 1.61 bits per heavy atom. The Morgan fingerprint density at radius 1 is 1.00 bits per heavy atom. The number of halogens is 5. The molecule has 0 aliphatic heterocycles. The van der Waals surface area contributed by atoms with Crippen LogP contribution in [0.5, 0.6) is 0 Å². The molecule has 0 aliphatic rings. The molecule has 0 N–H and O–H groups in total. The summed E-state index contributed by atoms with van der Waals surface area (Å²) in [4.78, 5) is 7.45. The molecular weight excluding hydrogens is 288 g/mol. The Morgan fingerprint density at radius 3 is 2.11 bits per heavy atom. The van der Waals surface area contributed by atoms with E-state index in [4.69, 9.17) is 23.2 Å². The fourth-order valence-corrected chi connectivity index (χ4v) is 1.79. The van der Waals surface area contributed by atoms with Crippen molar-refractivity contribution in [3.05, 3.63) is 46.5 Å². The van der Waals surface area contributed by atoms with Crippen LogP contribution in [0.4, 0.5) is 13.2 Å². The van der Waals surface area contributed by atoms with Crippen LogP contribution in [0.2, 0.25) is 10.4 Å².